The van der Waals surface area contributed by atoms with Gasteiger partial charge in [0.1, 0.15) is 5.82 Å². The van der Waals surface area contributed by atoms with E-state index in [1.165, 1.54) is 12.1 Å². The van der Waals surface area contributed by atoms with E-state index in [1.807, 2.05) is 67.6 Å². The van der Waals surface area contributed by atoms with Crippen LogP contribution < -0.4 is 0 Å². The molecule has 0 unspecified atom stereocenters. The molecule has 0 fully saturated rings. The number of hydrogen-bond donors (Lipinski definition) is 1. The van der Waals surface area contributed by atoms with Crippen LogP contribution in [0.1, 0.15) is 35.2 Å². The quantitative estimate of drug-likeness (QED) is 0.450. The number of ether oxygens (including phenoxy) is 1. The molecule has 1 aliphatic heterocycles. The first-order valence-corrected chi connectivity index (χ1v) is 10.2. The first-order chi connectivity index (χ1) is 15.0. The predicted molar refractivity (Wildman–Crippen MR) is 119 cm³/mol. The van der Waals surface area contributed by atoms with E-state index in [2.05, 4.69) is 4.98 Å². The minimum absolute atomic E-state index is 0.284. The molecule has 0 saturated heterocycles. The Hall–Kier alpha value is -3.73. The highest BCUT2D eigenvalue weighted by Crippen LogP contribution is 2.45. The van der Waals surface area contributed by atoms with Crippen LogP contribution in [0.4, 0.5) is 4.39 Å². The maximum atomic E-state index is 14.3. The van der Waals surface area contributed by atoms with Crippen LogP contribution in [-0.4, -0.2) is 22.4 Å². The van der Waals surface area contributed by atoms with Gasteiger partial charge < -0.3 is 9.72 Å². The summed E-state index contributed by atoms with van der Waals surface area (Å²) in [6.07, 6.45) is 0. The Morgan fingerprint density at radius 3 is 2.52 bits per heavy atom. The zero-order valence-electron chi connectivity index (χ0n) is 17.2. The van der Waals surface area contributed by atoms with Crippen LogP contribution in [0, 0.1) is 12.7 Å². The van der Waals surface area contributed by atoms with Crippen molar-refractivity contribution in [1.29, 1.82) is 0 Å². The van der Waals surface area contributed by atoms with Crippen molar-refractivity contribution in [1.82, 2.24) is 4.98 Å². The lowest BCUT2D eigenvalue weighted by Gasteiger charge is -2.29. The topological polar surface area (TPSA) is 54.4 Å². The minimum atomic E-state index is -1.26. The van der Waals surface area contributed by atoms with Crippen molar-refractivity contribution >= 4 is 22.8 Å². The van der Waals surface area contributed by atoms with Gasteiger partial charge in [-0.25, -0.2) is 14.2 Å². The molecular formula is C26H21FN2O2. The van der Waals surface area contributed by atoms with Crippen molar-refractivity contribution in [3.05, 3.63) is 107 Å². The fourth-order valence-corrected chi connectivity index (χ4v) is 4.49. The summed E-state index contributed by atoms with van der Waals surface area (Å²) < 4.78 is 19.9. The number of hydrogen-bond acceptors (Lipinski definition) is 3. The van der Waals surface area contributed by atoms with Gasteiger partial charge in [0.05, 0.1) is 0 Å². The maximum Gasteiger partial charge on any atom is 0.341 e. The van der Waals surface area contributed by atoms with Gasteiger partial charge in [-0.05, 0) is 55.3 Å². The molecule has 0 spiro atoms. The van der Waals surface area contributed by atoms with Gasteiger partial charge in [-0.3, -0.25) is 0 Å². The number of aryl methyl sites for hydroxylation is 1. The highest BCUT2D eigenvalue weighted by atomic mass is 19.1. The van der Waals surface area contributed by atoms with Crippen LogP contribution in [-0.2, 0) is 9.53 Å². The molecule has 4 aromatic rings. The lowest BCUT2D eigenvalue weighted by Crippen LogP contribution is -2.38. The van der Waals surface area contributed by atoms with Crippen molar-refractivity contribution in [3.63, 3.8) is 0 Å². The summed E-state index contributed by atoms with van der Waals surface area (Å²) in [5.41, 5.74) is 2.93. The third kappa shape index (κ3) is 3.13. The number of cyclic esters (lactones) is 1. The van der Waals surface area contributed by atoms with E-state index in [9.17, 15) is 9.18 Å². The number of halogens is 1. The summed E-state index contributed by atoms with van der Waals surface area (Å²) in [6.45, 7) is 3.73. The molecule has 5 heteroatoms. The number of aliphatic imine (C=N–C) groups is 1. The number of esters is 1. The largest absolute Gasteiger partial charge is 0.405 e. The van der Waals surface area contributed by atoms with Gasteiger partial charge >= 0.3 is 5.97 Å². The Kier molecular flexibility index (Phi) is 4.47. The van der Waals surface area contributed by atoms with Crippen molar-refractivity contribution in [2.45, 2.75) is 25.3 Å². The first-order valence-electron chi connectivity index (χ1n) is 10.2. The fourth-order valence-electron chi connectivity index (χ4n) is 4.49. The molecule has 1 aliphatic rings. The highest BCUT2D eigenvalue weighted by molar-refractivity contribution is 6.08. The molecule has 154 valence electrons. The number of rotatable bonds is 4. The zero-order valence-corrected chi connectivity index (χ0v) is 17.2. The second-order valence-electron chi connectivity index (χ2n) is 8.02. The molecule has 3 aromatic carbocycles. The number of aromatic nitrogens is 1. The van der Waals surface area contributed by atoms with Crippen LogP contribution >= 0.6 is 0 Å². The Labute approximate surface area is 179 Å². The number of nitrogens with zero attached hydrogens (tertiary/aromatic N) is 1. The number of aromatic amines is 1. The summed E-state index contributed by atoms with van der Waals surface area (Å²) in [6, 6.07) is 23.6. The molecule has 1 aromatic heterocycles. The molecule has 0 bridgehead atoms. The number of para-hydroxylation sites is 1. The van der Waals surface area contributed by atoms with Crippen LogP contribution in [0.2, 0.25) is 0 Å². The second-order valence-corrected chi connectivity index (χ2v) is 8.02. The van der Waals surface area contributed by atoms with E-state index in [0.717, 1.165) is 27.7 Å². The number of carbonyl (C=O) groups is 1. The van der Waals surface area contributed by atoms with Gasteiger partial charge in [0.15, 0.2) is 5.54 Å². The standard InChI is InChI=1S/C26H21FN2O2/c1-16-22(20-13-6-7-14-21(20)28-16)23(18-11-8-12-19(27)15-18)26(2)25(30)31-24(29-26)17-9-4-3-5-10-17/h3-15,23,28H,1-2H3/t23-,26+/m1/s1. The summed E-state index contributed by atoms with van der Waals surface area (Å²) in [4.78, 5) is 21.5. The monoisotopic (exact) mass is 412 g/mol. The summed E-state index contributed by atoms with van der Waals surface area (Å²) >= 11 is 0. The third-order valence-corrected chi connectivity index (χ3v) is 5.93. The number of carbonyl (C=O) groups excluding carboxylic acids is 1. The Bertz CT molecular complexity index is 1330. The average Bonchev–Trinajstić information content (AvgIpc) is 3.26. The first kappa shape index (κ1) is 19.2. The smallest absolute Gasteiger partial charge is 0.341 e. The second kappa shape index (κ2) is 7.20. The number of H-pyrrole nitrogens is 1. The molecule has 2 heterocycles. The van der Waals surface area contributed by atoms with Gasteiger partial charge in [-0.2, -0.15) is 0 Å². The van der Waals surface area contributed by atoms with Crippen LogP contribution in [0.3, 0.4) is 0 Å². The third-order valence-electron chi connectivity index (χ3n) is 5.93. The van der Waals surface area contributed by atoms with Gasteiger partial charge in [0.2, 0.25) is 5.90 Å². The molecule has 1 N–H and O–H groups in total. The van der Waals surface area contributed by atoms with Crippen LogP contribution in [0.15, 0.2) is 83.9 Å². The molecule has 2 atom stereocenters. The van der Waals surface area contributed by atoms with Gasteiger partial charge in [0, 0.05) is 28.1 Å². The molecule has 31 heavy (non-hydrogen) atoms. The van der Waals surface area contributed by atoms with Crippen LogP contribution in [0.25, 0.3) is 10.9 Å². The number of benzene rings is 3. The molecule has 0 radical (unpaired) electrons. The molecule has 0 aliphatic carbocycles. The van der Waals surface area contributed by atoms with E-state index < -0.39 is 17.4 Å². The van der Waals surface area contributed by atoms with Crippen molar-refractivity contribution in [3.8, 4) is 0 Å². The van der Waals surface area contributed by atoms with E-state index in [4.69, 9.17) is 9.73 Å². The Morgan fingerprint density at radius 1 is 1.00 bits per heavy atom. The van der Waals surface area contributed by atoms with E-state index in [0.29, 0.717) is 5.56 Å². The number of nitrogens with one attached hydrogen (secondary N) is 1. The van der Waals surface area contributed by atoms with E-state index in [-0.39, 0.29) is 11.7 Å². The SMILES string of the molecule is Cc1[nH]c2ccccc2c1[C@@H](c1cccc(F)c1)[C@]1(C)N=C(c2ccccc2)OC1=O. The summed E-state index contributed by atoms with van der Waals surface area (Å²) in [5.74, 6) is -1.06. The van der Waals surface area contributed by atoms with Crippen molar-refractivity contribution in [2.24, 2.45) is 4.99 Å². The lowest BCUT2D eigenvalue weighted by molar-refractivity contribution is -0.138. The molecular weight excluding hydrogens is 391 g/mol. The van der Waals surface area contributed by atoms with Crippen molar-refractivity contribution < 1.29 is 13.9 Å². The highest BCUT2D eigenvalue weighted by Gasteiger charge is 2.50. The predicted octanol–water partition coefficient (Wildman–Crippen LogP) is 5.51. The Morgan fingerprint density at radius 2 is 1.74 bits per heavy atom. The van der Waals surface area contributed by atoms with Gasteiger partial charge in [-0.1, -0.05) is 48.5 Å². The average molecular weight is 412 g/mol. The van der Waals surface area contributed by atoms with E-state index in [1.54, 1.807) is 13.0 Å². The molecule has 4 nitrogen and oxygen atoms in total. The summed E-state index contributed by atoms with van der Waals surface area (Å²) in [7, 11) is 0. The van der Waals surface area contributed by atoms with Crippen LogP contribution in [0.5, 0.6) is 0 Å². The number of fused-ring (bicyclic) bond motifs is 1. The lowest BCUT2D eigenvalue weighted by atomic mass is 9.75. The molecule has 0 amide bonds. The zero-order chi connectivity index (χ0) is 21.6. The molecule has 5 rings (SSSR count). The summed E-state index contributed by atoms with van der Waals surface area (Å²) in [5, 5.41) is 0.978. The Balaban J connectivity index is 1.76. The maximum absolute atomic E-state index is 14.3. The molecule has 0 saturated carbocycles. The fraction of sp³-hybridized carbons (Fsp3) is 0.154. The van der Waals surface area contributed by atoms with Crippen molar-refractivity contribution in [2.75, 3.05) is 0 Å². The minimum Gasteiger partial charge on any atom is -0.405 e. The van der Waals surface area contributed by atoms with E-state index >= 15 is 0 Å². The van der Waals surface area contributed by atoms with Gasteiger partial charge in [-0.15, -0.1) is 0 Å². The normalized spacial score (nSPS) is 19.3. The van der Waals surface area contributed by atoms with Gasteiger partial charge in [0.25, 0.3) is 0 Å².